The average Bonchev–Trinajstić information content (AvgIpc) is 3.19. The zero-order valence-corrected chi connectivity index (χ0v) is 15.8. The van der Waals surface area contributed by atoms with Gasteiger partial charge in [0.25, 0.3) is 5.69 Å². The first-order valence-corrected chi connectivity index (χ1v) is 8.96. The summed E-state index contributed by atoms with van der Waals surface area (Å²) in [5, 5.41) is 15.7. The molecule has 0 amide bonds. The van der Waals surface area contributed by atoms with Crippen LogP contribution in [0.3, 0.4) is 0 Å². The second-order valence-corrected chi connectivity index (χ2v) is 6.26. The summed E-state index contributed by atoms with van der Waals surface area (Å²) in [6.45, 7) is 3.72. The van der Waals surface area contributed by atoms with Crippen LogP contribution in [0.1, 0.15) is 28.7 Å². The third-order valence-electron chi connectivity index (χ3n) is 4.49. The molecule has 0 aliphatic heterocycles. The number of nitro groups is 1. The summed E-state index contributed by atoms with van der Waals surface area (Å²) >= 11 is 0. The van der Waals surface area contributed by atoms with Gasteiger partial charge in [0, 0.05) is 6.07 Å². The summed E-state index contributed by atoms with van der Waals surface area (Å²) in [5.74, 6) is -0.0512. The average molecular weight is 391 g/mol. The van der Waals surface area contributed by atoms with E-state index in [1.54, 1.807) is 41.1 Å². The van der Waals surface area contributed by atoms with Crippen LogP contribution in [0.15, 0.2) is 53.6 Å². The number of fused-ring (bicyclic) bond motifs is 3. The first-order chi connectivity index (χ1) is 14.0. The van der Waals surface area contributed by atoms with Crippen molar-refractivity contribution in [3.05, 3.63) is 75.6 Å². The van der Waals surface area contributed by atoms with E-state index >= 15 is 0 Å². The van der Waals surface area contributed by atoms with Crippen LogP contribution in [0, 0.1) is 17.0 Å². The molecule has 0 spiro atoms. The fourth-order valence-electron chi connectivity index (χ4n) is 3.26. The summed E-state index contributed by atoms with van der Waals surface area (Å²) in [6.07, 6.45) is 1.42. The molecule has 2 aromatic heterocycles. The number of imidazole rings is 2. The highest BCUT2D eigenvalue weighted by molar-refractivity contribution is 5.94. The summed E-state index contributed by atoms with van der Waals surface area (Å²) in [7, 11) is 0. The Morgan fingerprint density at radius 3 is 2.62 bits per heavy atom. The number of benzene rings is 2. The molecule has 0 aliphatic carbocycles. The third-order valence-corrected chi connectivity index (χ3v) is 4.49. The van der Waals surface area contributed by atoms with Crippen molar-refractivity contribution in [2.24, 2.45) is 5.10 Å². The van der Waals surface area contributed by atoms with Crippen LogP contribution < -0.4 is 0 Å². The van der Waals surface area contributed by atoms with E-state index in [1.807, 2.05) is 24.3 Å². The minimum Gasteiger partial charge on any atom is -0.461 e. The van der Waals surface area contributed by atoms with Crippen molar-refractivity contribution in [2.45, 2.75) is 13.8 Å². The van der Waals surface area contributed by atoms with Crippen LogP contribution in [0.2, 0.25) is 0 Å². The lowest BCUT2D eigenvalue weighted by Gasteiger charge is -2.01. The second-order valence-electron chi connectivity index (χ2n) is 6.26. The molecule has 0 radical (unpaired) electrons. The standard InChI is InChI=1S/C20H17N5O4/c1-3-29-19(26)18-13(2)22-20-23(18)16-10-6-7-11-17(16)24(20)21-12-14-8-4-5-9-15(14)25(27)28/h4-12H,3H2,1-2H3/b21-12+. The Morgan fingerprint density at radius 1 is 1.21 bits per heavy atom. The number of para-hydroxylation sites is 3. The number of rotatable bonds is 5. The lowest BCUT2D eigenvalue weighted by Crippen LogP contribution is -2.09. The number of carbonyl (C=O) groups excluding carboxylic acids is 1. The van der Waals surface area contributed by atoms with E-state index in [9.17, 15) is 14.9 Å². The van der Waals surface area contributed by atoms with Crippen LogP contribution in [-0.4, -0.2) is 37.8 Å². The fraction of sp³-hybridized carbons (Fsp3) is 0.150. The molecule has 0 aliphatic rings. The van der Waals surface area contributed by atoms with E-state index in [2.05, 4.69) is 10.1 Å². The monoisotopic (exact) mass is 391 g/mol. The highest BCUT2D eigenvalue weighted by atomic mass is 16.6. The van der Waals surface area contributed by atoms with Gasteiger partial charge in [0.05, 0.1) is 40.0 Å². The normalized spacial score (nSPS) is 11.5. The second kappa shape index (κ2) is 7.19. The molecule has 29 heavy (non-hydrogen) atoms. The molecular weight excluding hydrogens is 374 g/mol. The minimum absolute atomic E-state index is 0.0459. The van der Waals surface area contributed by atoms with Crippen LogP contribution >= 0.6 is 0 Å². The van der Waals surface area contributed by atoms with E-state index in [-0.39, 0.29) is 12.3 Å². The van der Waals surface area contributed by atoms with Gasteiger partial charge in [-0.1, -0.05) is 24.3 Å². The maximum atomic E-state index is 12.5. The highest BCUT2D eigenvalue weighted by Crippen LogP contribution is 2.25. The molecule has 0 N–H and O–H groups in total. The molecule has 9 heteroatoms. The van der Waals surface area contributed by atoms with Gasteiger partial charge in [-0.3, -0.25) is 14.5 Å². The number of carbonyl (C=O) groups is 1. The summed E-state index contributed by atoms with van der Waals surface area (Å²) in [4.78, 5) is 27.8. The number of nitro benzene ring substituents is 1. The summed E-state index contributed by atoms with van der Waals surface area (Å²) in [6, 6.07) is 13.7. The van der Waals surface area contributed by atoms with Gasteiger partial charge in [0.15, 0.2) is 5.69 Å². The number of hydrogen-bond acceptors (Lipinski definition) is 6. The van der Waals surface area contributed by atoms with Crippen molar-refractivity contribution >= 4 is 34.7 Å². The van der Waals surface area contributed by atoms with E-state index < -0.39 is 10.9 Å². The third kappa shape index (κ3) is 3.02. The first kappa shape index (κ1) is 18.4. The zero-order chi connectivity index (χ0) is 20.5. The molecule has 2 heterocycles. The molecule has 146 valence electrons. The predicted octanol–water partition coefficient (Wildman–Crippen LogP) is 3.56. The van der Waals surface area contributed by atoms with Crippen LogP contribution in [0.4, 0.5) is 5.69 Å². The fourth-order valence-corrected chi connectivity index (χ4v) is 3.26. The van der Waals surface area contributed by atoms with Crippen LogP contribution in [0.25, 0.3) is 16.8 Å². The molecule has 0 atom stereocenters. The van der Waals surface area contributed by atoms with Gasteiger partial charge in [0.1, 0.15) is 0 Å². The molecule has 0 saturated heterocycles. The van der Waals surface area contributed by atoms with Crippen molar-refractivity contribution < 1.29 is 14.5 Å². The minimum atomic E-state index is -0.469. The Hall–Kier alpha value is -4.01. The molecule has 4 aromatic rings. The van der Waals surface area contributed by atoms with Crippen molar-refractivity contribution in [2.75, 3.05) is 6.61 Å². The molecule has 2 aromatic carbocycles. The molecule has 0 unspecified atom stereocenters. The summed E-state index contributed by atoms with van der Waals surface area (Å²) < 4.78 is 8.43. The van der Waals surface area contributed by atoms with Crippen LogP contribution in [0.5, 0.6) is 0 Å². The van der Waals surface area contributed by atoms with Crippen LogP contribution in [-0.2, 0) is 4.74 Å². The lowest BCUT2D eigenvalue weighted by atomic mass is 10.2. The van der Waals surface area contributed by atoms with Crippen molar-refractivity contribution in [1.82, 2.24) is 14.1 Å². The maximum absolute atomic E-state index is 12.5. The Labute approximate surface area is 165 Å². The molecule has 0 saturated carbocycles. The quantitative estimate of drug-likeness (QED) is 0.224. The maximum Gasteiger partial charge on any atom is 0.357 e. The number of nitrogens with zero attached hydrogens (tertiary/aromatic N) is 5. The number of hydrogen-bond donors (Lipinski definition) is 0. The van der Waals surface area contributed by atoms with Gasteiger partial charge in [-0.25, -0.2) is 9.78 Å². The first-order valence-electron chi connectivity index (χ1n) is 8.96. The topological polar surface area (TPSA) is 104 Å². The summed E-state index contributed by atoms with van der Waals surface area (Å²) in [5.41, 5.74) is 2.59. The van der Waals surface area contributed by atoms with Gasteiger partial charge in [-0.2, -0.15) is 9.78 Å². The van der Waals surface area contributed by atoms with E-state index in [1.165, 1.54) is 12.3 Å². The van der Waals surface area contributed by atoms with Gasteiger partial charge >= 0.3 is 5.97 Å². The Kier molecular flexibility index (Phi) is 4.55. The Balaban J connectivity index is 1.95. The van der Waals surface area contributed by atoms with Crippen molar-refractivity contribution in [3.8, 4) is 0 Å². The van der Waals surface area contributed by atoms with E-state index in [0.29, 0.717) is 28.2 Å². The van der Waals surface area contributed by atoms with Crippen molar-refractivity contribution in [3.63, 3.8) is 0 Å². The number of aryl methyl sites for hydroxylation is 1. The Morgan fingerprint density at radius 2 is 1.90 bits per heavy atom. The SMILES string of the molecule is CCOC(=O)c1c(C)nc2n(/N=C/c3ccccc3[N+](=O)[O-])c3ccccc3n12. The largest absolute Gasteiger partial charge is 0.461 e. The zero-order valence-electron chi connectivity index (χ0n) is 15.8. The van der Waals surface area contributed by atoms with Crippen molar-refractivity contribution in [1.29, 1.82) is 0 Å². The predicted molar refractivity (Wildman–Crippen MR) is 107 cm³/mol. The number of ether oxygens (including phenoxy) is 1. The van der Waals surface area contributed by atoms with E-state index in [4.69, 9.17) is 4.74 Å². The van der Waals surface area contributed by atoms with Gasteiger partial charge in [-0.15, -0.1) is 0 Å². The highest BCUT2D eigenvalue weighted by Gasteiger charge is 2.23. The molecule has 0 fully saturated rings. The number of aromatic nitrogens is 3. The molecular formula is C20H17N5O4. The molecule has 0 bridgehead atoms. The van der Waals surface area contributed by atoms with Gasteiger partial charge in [-0.05, 0) is 32.0 Å². The van der Waals surface area contributed by atoms with Gasteiger partial charge in [0.2, 0.25) is 5.78 Å². The lowest BCUT2D eigenvalue weighted by molar-refractivity contribution is -0.385. The molecule has 9 nitrogen and oxygen atoms in total. The van der Waals surface area contributed by atoms with Gasteiger partial charge < -0.3 is 4.74 Å². The van der Waals surface area contributed by atoms with E-state index in [0.717, 1.165) is 5.52 Å². The Bertz CT molecular complexity index is 1290. The smallest absolute Gasteiger partial charge is 0.357 e. The number of esters is 1. The molecule has 4 rings (SSSR count).